The Bertz CT molecular complexity index is 351. The topological polar surface area (TPSA) is 25.2 Å². The highest BCUT2D eigenvalue weighted by molar-refractivity contribution is 6.07. The average Bonchev–Trinajstić information content (AvgIpc) is 2.28. The monoisotopic (exact) mass is 202 g/mol. The van der Waals surface area contributed by atoms with Crippen molar-refractivity contribution in [2.24, 2.45) is 4.99 Å². The maximum absolute atomic E-state index is 4.31. The SMILES string of the molecule is C=CN=C(C=C)c1cccc(C)n1.CC. The molecule has 0 saturated carbocycles. The summed E-state index contributed by atoms with van der Waals surface area (Å²) >= 11 is 0. The van der Waals surface area contributed by atoms with E-state index in [1.165, 1.54) is 6.20 Å². The Kier molecular flexibility index (Phi) is 6.81. The molecule has 0 amide bonds. The van der Waals surface area contributed by atoms with Crippen molar-refractivity contribution in [2.75, 3.05) is 0 Å². The number of aliphatic imine (C=N–C) groups is 1. The van der Waals surface area contributed by atoms with Crippen molar-refractivity contribution in [3.63, 3.8) is 0 Å². The molecule has 1 heterocycles. The predicted molar refractivity (Wildman–Crippen MR) is 67.3 cm³/mol. The molecule has 0 unspecified atom stereocenters. The van der Waals surface area contributed by atoms with Crippen LogP contribution in [0.25, 0.3) is 0 Å². The van der Waals surface area contributed by atoms with Crippen LogP contribution in [0.15, 0.2) is 48.6 Å². The minimum absolute atomic E-state index is 0.749. The molecule has 2 nitrogen and oxygen atoms in total. The van der Waals surface area contributed by atoms with Crippen LogP contribution in [0.4, 0.5) is 0 Å². The van der Waals surface area contributed by atoms with Crippen molar-refractivity contribution < 1.29 is 0 Å². The number of nitrogens with zero attached hydrogens (tertiary/aromatic N) is 2. The molecule has 0 bridgehead atoms. The second-order valence-electron chi connectivity index (χ2n) is 2.57. The highest BCUT2D eigenvalue weighted by Gasteiger charge is 1.98. The fraction of sp³-hybridized carbons (Fsp3) is 0.231. The normalized spacial score (nSPS) is 9.93. The lowest BCUT2D eigenvalue weighted by atomic mass is 10.2. The molecule has 80 valence electrons. The standard InChI is InChI=1S/C11H12N2.C2H6/c1-4-10(12-5-2)11-8-6-7-9(3)13-11;1-2/h4-8H,1-2H2,3H3;1-2H3. The molecule has 1 aromatic heterocycles. The van der Waals surface area contributed by atoms with Gasteiger partial charge >= 0.3 is 0 Å². The van der Waals surface area contributed by atoms with Gasteiger partial charge in [-0.2, -0.15) is 0 Å². The van der Waals surface area contributed by atoms with Gasteiger partial charge in [-0.05, 0) is 25.1 Å². The lowest BCUT2D eigenvalue weighted by Crippen LogP contribution is -1.99. The molecule has 0 atom stereocenters. The highest BCUT2D eigenvalue weighted by atomic mass is 14.8. The molecule has 0 aliphatic rings. The van der Waals surface area contributed by atoms with E-state index in [-0.39, 0.29) is 0 Å². The van der Waals surface area contributed by atoms with Crippen LogP contribution in [0.2, 0.25) is 0 Å². The van der Waals surface area contributed by atoms with E-state index in [4.69, 9.17) is 0 Å². The molecule has 2 heteroatoms. The second kappa shape index (κ2) is 7.68. The molecule has 0 aliphatic carbocycles. The number of rotatable bonds is 3. The van der Waals surface area contributed by atoms with Gasteiger partial charge in [-0.25, -0.2) is 0 Å². The van der Waals surface area contributed by atoms with Gasteiger partial charge in [0.2, 0.25) is 0 Å². The fourth-order valence-electron chi connectivity index (χ4n) is 1.01. The zero-order valence-corrected chi connectivity index (χ0v) is 9.70. The zero-order chi connectivity index (χ0) is 11.7. The van der Waals surface area contributed by atoms with Crippen LogP contribution in [0.1, 0.15) is 25.2 Å². The van der Waals surface area contributed by atoms with E-state index in [0.29, 0.717) is 0 Å². The first-order valence-electron chi connectivity index (χ1n) is 5.03. The van der Waals surface area contributed by atoms with Crippen molar-refractivity contribution >= 4 is 5.71 Å². The van der Waals surface area contributed by atoms with Crippen molar-refractivity contribution in [3.05, 3.63) is 55.0 Å². The van der Waals surface area contributed by atoms with Crippen molar-refractivity contribution in [1.82, 2.24) is 4.98 Å². The van der Waals surface area contributed by atoms with Crippen LogP contribution < -0.4 is 0 Å². The first-order valence-corrected chi connectivity index (χ1v) is 5.03. The molecule has 15 heavy (non-hydrogen) atoms. The Morgan fingerprint density at radius 3 is 2.47 bits per heavy atom. The molecular formula is C13H18N2. The highest BCUT2D eigenvalue weighted by Crippen LogP contribution is 2.01. The summed E-state index contributed by atoms with van der Waals surface area (Å²) in [5.41, 5.74) is 2.55. The van der Waals surface area contributed by atoms with Gasteiger partial charge in [0.1, 0.15) is 0 Å². The van der Waals surface area contributed by atoms with Gasteiger partial charge in [-0.15, -0.1) is 0 Å². The summed E-state index contributed by atoms with van der Waals surface area (Å²) in [6.45, 7) is 13.1. The minimum atomic E-state index is 0.749. The number of hydrogen-bond acceptors (Lipinski definition) is 2. The van der Waals surface area contributed by atoms with E-state index in [2.05, 4.69) is 23.1 Å². The maximum atomic E-state index is 4.31. The lowest BCUT2D eigenvalue weighted by molar-refractivity contribution is 1.18. The van der Waals surface area contributed by atoms with E-state index in [0.717, 1.165) is 17.1 Å². The van der Waals surface area contributed by atoms with Gasteiger partial charge < -0.3 is 0 Å². The lowest BCUT2D eigenvalue weighted by Gasteiger charge is -1.99. The van der Waals surface area contributed by atoms with E-state index < -0.39 is 0 Å². The number of hydrogen-bond donors (Lipinski definition) is 0. The van der Waals surface area contributed by atoms with E-state index in [1.807, 2.05) is 39.0 Å². The molecule has 0 aromatic carbocycles. The summed E-state index contributed by atoms with van der Waals surface area (Å²) in [4.78, 5) is 8.37. The summed E-state index contributed by atoms with van der Waals surface area (Å²) in [6.07, 6.45) is 3.16. The summed E-state index contributed by atoms with van der Waals surface area (Å²) in [5, 5.41) is 0. The van der Waals surface area contributed by atoms with Crippen molar-refractivity contribution in [2.45, 2.75) is 20.8 Å². The molecule has 0 radical (unpaired) electrons. The minimum Gasteiger partial charge on any atom is -0.255 e. The Hall–Kier alpha value is -1.70. The summed E-state index contributed by atoms with van der Waals surface area (Å²) in [7, 11) is 0. The number of allylic oxidation sites excluding steroid dienone is 1. The molecular weight excluding hydrogens is 184 g/mol. The number of aromatic nitrogens is 1. The Labute approximate surface area is 92.1 Å². The van der Waals surface area contributed by atoms with Gasteiger partial charge in [0.15, 0.2) is 0 Å². The quantitative estimate of drug-likeness (QED) is 0.688. The van der Waals surface area contributed by atoms with Crippen LogP contribution in [-0.2, 0) is 0 Å². The first-order chi connectivity index (χ1) is 7.27. The van der Waals surface area contributed by atoms with Gasteiger partial charge in [0, 0.05) is 11.9 Å². The fourth-order valence-corrected chi connectivity index (χ4v) is 1.01. The van der Waals surface area contributed by atoms with Crippen LogP contribution in [0.5, 0.6) is 0 Å². The van der Waals surface area contributed by atoms with Crippen LogP contribution in [0, 0.1) is 6.92 Å². The van der Waals surface area contributed by atoms with Crippen LogP contribution in [0.3, 0.4) is 0 Å². The third-order valence-electron chi connectivity index (χ3n) is 1.57. The van der Waals surface area contributed by atoms with Gasteiger partial charge in [0.05, 0.1) is 11.4 Å². The molecule has 0 N–H and O–H groups in total. The number of aryl methyl sites for hydroxylation is 1. The van der Waals surface area contributed by atoms with Crippen molar-refractivity contribution in [1.29, 1.82) is 0 Å². The Balaban J connectivity index is 0.000000921. The molecule has 1 aromatic rings. The van der Waals surface area contributed by atoms with E-state index >= 15 is 0 Å². The zero-order valence-electron chi connectivity index (χ0n) is 9.70. The average molecular weight is 202 g/mol. The summed E-state index contributed by atoms with van der Waals surface area (Å²) < 4.78 is 0. The Morgan fingerprint density at radius 1 is 1.33 bits per heavy atom. The smallest absolute Gasteiger partial charge is 0.0889 e. The van der Waals surface area contributed by atoms with Crippen molar-refractivity contribution in [3.8, 4) is 0 Å². The largest absolute Gasteiger partial charge is 0.255 e. The van der Waals surface area contributed by atoms with Gasteiger partial charge in [0.25, 0.3) is 0 Å². The number of pyridine rings is 1. The molecule has 0 spiro atoms. The van der Waals surface area contributed by atoms with Gasteiger partial charge in [-0.1, -0.05) is 33.1 Å². The van der Waals surface area contributed by atoms with Crippen LogP contribution >= 0.6 is 0 Å². The molecule has 0 fully saturated rings. The third kappa shape index (κ3) is 4.36. The van der Waals surface area contributed by atoms with Gasteiger partial charge in [-0.3, -0.25) is 9.98 Å². The van der Waals surface area contributed by atoms with E-state index in [9.17, 15) is 0 Å². The summed E-state index contributed by atoms with van der Waals surface area (Å²) in [6, 6.07) is 5.79. The molecule has 0 aliphatic heterocycles. The summed E-state index contributed by atoms with van der Waals surface area (Å²) in [5.74, 6) is 0. The second-order valence-corrected chi connectivity index (χ2v) is 2.57. The Morgan fingerprint density at radius 2 is 2.00 bits per heavy atom. The third-order valence-corrected chi connectivity index (χ3v) is 1.57. The van der Waals surface area contributed by atoms with Crippen LogP contribution in [-0.4, -0.2) is 10.7 Å². The predicted octanol–water partition coefficient (Wildman–Crippen LogP) is 3.53. The molecule has 1 rings (SSSR count). The molecule has 0 saturated heterocycles. The maximum Gasteiger partial charge on any atom is 0.0889 e. The first kappa shape index (κ1) is 13.3. The van der Waals surface area contributed by atoms with E-state index in [1.54, 1.807) is 6.08 Å².